The molecule has 3 heteroatoms. The van der Waals surface area contributed by atoms with Gasteiger partial charge in [-0.3, -0.25) is 0 Å². The van der Waals surface area contributed by atoms with Gasteiger partial charge in [-0.2, -0.15) is 0 Å². The van der Waals surface area contributed by atoms with E-state index in [1.54, 1.807) is 27.6 Å². The first-order valence-electron chi connectivity index (χ1n) is 3.75. The molecule has 70 valence electrons. The van der Waals surface area contributed by atoms with Crippen LogP contribution in [0.5, 0.6) is 0 Å². The Morgan fingerprint density at radius 1 is 1.08 bits per heavy atom. The summed E-state index contributed by atoms with van der Waals surface area (Å²) in [4.78, 5) is 4.23. The van der Waals surface area contributed by atoms with Gasteiger partial charge in [-0.05, 0) is 0 Å². The predicted molar refractivity (Wildman–Crippen MR) is 55.7 cm³/mol. The average molecular weight is 255 g/mol. The van der Waals surface area contributed by atoms with E-state index in [1.807, 2.05) is 12.1 Å². The molecule has 0 atom stereocenters. The fourth-order valence-corrected chi connectivity index (χ4v) is 3.09. The van der Waals surface area contributed by atoms with Crippen molar-refractivity contribution in [2.45, 2.75) is 0 Å². The van der Waals surface area contributed by atoms with Crippen LogP contribution >= 0.6 is 22.7 Å². The van der Waals surface area contributed by atoms with E-state index in [0.29, 0.717) is 0 Å². The number of thiophene rings is 2. The zero-order valence-corrected chi connectivity index (χ0v) is 9.23. The first-order valence-corrected chi connectivity index (χ1v) is 6.06. The molecule has 0 amide bonds. The van der Waals surface area contributed by atoms with Gasteiger partial charge in [0.15, 0.2) is 0 Å². The molecule has 0 nitrogen and oxygen atoms in total. The molecule has 0 saturated carbocycles. The van der Waals surface area contributed by atoms with Crippen LogP contribution in [0.15, 0.2) is 40.0 Å². The summed E-state index contributed by atoms with van der Waals surface area (Å²) in [7, 11) is 0. The summed E-state index contributed by atoms with van der Waals surface area (Å²) < 4.78 is 0. The quantitative estimate of drug-likeness (QED) is 0.717. The van der Waals surface area contributed by atoms with E-state index in [4.69, 9.17) is 16.0 Å². The molecule has 0 unspecified atom stereocenters. The topological polar surface area (TPSA) is 0 Å². The normalized spacial score (nSPS) is 10.0. The van der Waals surface area contributed by atoms with Crippen molar-refractivity contribution in [1.29, 1.82) is 0 Å². The van der Waals surface area contributed by atoms with Gasteiger partial charge < -0.3 is 0 Å². The van der Waals surface area contributed by atoms with Crippen molar-refractivity contribution >= 4 is 28.2 Å². The van der Waals surface area contributed by atoms with Crippen molar-refractivity contribution in [2.75, 3.05) is 0 Å². The van der Waals surface area contributed by atoms with E-state index in [2.05, 4.69) is 22.9 Å². The van der Waals surface area contributed by atoms with Gasteiger partial charge >= 0.3 is 94.0 Å². The minimum atomic E-state index is 1.16. The van der Waals surface area contributed by atoms with Gasteiger partial charge in [0.05, 0.1) is 0 Å². The van der Waals surface area contributed by atoms with Crippen molar-refractivity contribution in [3.05, 3.63) is 49.8 Å². The molecule has 0 bridgehead atoms. The molecule has 2 aromatic rings. The van der Waals surface area contributed by atoms with E-state index < -0.39 is 0 Å². The van der Waals surface area contributed by atoms with Gasteiger partial charge in [0.1, 0.15) is 0 Å². The SMILES string of the molecule is [Cu][CH]=C(c1cccs1)c1cccs1. The van der Waals surface area contributed by atoms with Crippen molar-refractivity contribution in [1.82, 2.24) is 0 Å². The molecule has 13 heavy (non-hydrogen) atoms. The first kappa shape index (κ1) is 9.22. The van der Waals surface area contributed by atoms with E-state index in [9.17, 15) is 0 Å². The number of hydrogen-bond acceptors (Lipinski definition) is 2. The summed E-state index contributed by atoms with van der Waals surface area (Å²) in [5.74, 6) is 0. The summed E-state index contributed by atoms with van der Waals surface area (Å²) in [5, 5.41) is 4.14. The van der Waals surface area contributed by atoms with Crippen LogP contribution in [0.3, 0.4) is 0 Å². The molecule has 0 saturated heterocycles. The molecule has 0 aliphatic heterocycles. The van der Waals surface area contributed by atoms with Gasteiger partial charge in [-0.1, -0.05) is 0 Å². The number of rotatable bonds is 2. The summed E-state index contributed by atoms with van der Waals surface area (Å²) >= 11 is 8.61. The Hall–Kier alpha value is -0.341. The third-order valence-electron chi connectivity index (χ3n) is 1.66. The Labute approximate surface area is 93.7 Å². The third kappa shape index (κ3) is 1.94. The summed E-state index contributed by atoms with van der Waals surface area (Å²) in [6.07, 6.45) is 0. The van der Waals surface area contributed by atoms with Gasteiger partial charge in [0, 0.05) is 0 Å². The van der Waals surface area contributed by atoms with E-state index in [-0.39, 0.29) is 0 Å². The second kappa shape index (κ2) is 4.25. The Balaban J connectivity index is 2.42. The molecule has 0 N–H and O–H groups in total. The molecular weight excluding hydrogens is 248 g/mol. The van der Waals surface area contributed by atoms with Crippen LogP contribution in [-0.4, -0.2) is 0 Å². The molecular formula is C10H7CuS2. The molecule has 0 aliphatic rings. The van der Waals surface area contributed by atoms with Crippen LogP contribution in [0, 0.1) is 0 Å². The van der Waals surface area contributed by atoms with Crippen molar-refractivity contribution in [3.63, 3.8) is 0 Å². The van der Waals surface area contributed by atoms with Crippen LogP contribution in [-0.2, 0) is 16.0 Å². The second-order valence-electron chi connectivity index (χ2n) is 2.46. The Bertz CT molecular complexity index is 348. The molecule has 0 radical (unpaired) electrons. The van der Waals surface area contributed by atoms with Crippen LogP contribution < -0.4 is 0 Å². The Kier molecular flexibility index (Phi) is 3.01. The van der Waals surface area contributed by atoms with Gasteiger partial charge in [-0.15, -0.1) is 0 Å². The molecule has 2 heterocycles. The maximum absolute atomic E-state index is 5.17. The Morgan fingerprint density at radius 3 is 1.92 bits per heavy atom. The Morgan fingerprint density at radius 2 is 1.62 bits per heavy atom. The second-order valence-corrected chi connectivity index (χ2v) is 4.62. The average Bonchev–Trinajstić information content (AvgIpc) is 2.76. The van der Waals surface area contributed by atoms with Crippen LogP contribution in [0.1, 0.15) is 9.75 Å². The standard InChI is InChI=1S/C10H7S2.Cu/c1-8(9-4-2-6-11-9)10-5-3-7-12-10;/h1-7H;. The summed E-state index contributed by atoms with van der Waals surface area (Å²) in [6.45, 7) is 0. The fraction of sp³-hybridized carbons (Fsp3) is 0. The van der Waals surface area contributed by atoms with Crippen LogP contribution in [0.2, 0.25) is 0 Å². The van der Waals surface area contributed by atoms with E-state index >= 15 is 0 Å². The van der Waals surface area contributed by atoms with Gasteiger partial charge in [0.2, 0.25) is 0 Å². The van der Waals surface area contributed by atoms with E-state index in [1.165, 1.54) is 9.75 Å². The van der Waals surface area contributed by atoms with Gasteiger partial charge in [0.25, 0.3) is 0 Å². The minimum absolute atomic E-state index is 1.16. The molecule has 0 aliphatic carbocycles. The first-order chi connectivity index (χ1) is 6.42. The summed E-state index contributed by atoms with van der Waals surface area (Å²) in [5.41, 5.74) is 1.16. The van der Waals surface area contributed by atoms with Gasteiger partial charge in [-0.25, -0.2) is 0 Å². The zero-order chi connectivity index (χ0) is 9.10. The van der Waals surface area contributed by atoms with Crippen molar-refractivity contribution < 1.29 is 16.0 Å². The zero-order valence-electron chi connectivity index (χ0n) is 6.66. The van der Waals surface area contributed by atoms with Crippen LogP contribution in [0.4, 0.5) is 0 Å². The number of hydrogen-bond donors (Lipinski definition) is 0. The predicted octanol–water partition coefficient (Wildman–Crippen LogP) is 3.75. The molecule has 0 aromatic carbocycles. The van der Waals surface area contributed by atoms with E-state index in [0.717, 1.165) is 5.57 Å². The third-order valence-corrected chi connectivity index (χ3v) is 3.74. The van der Waals surface area contributed by atoms with Crippen molar-refractivity contribution in [3.8, 4) is 0 Å². The summed E-state index contributed by atoms with van der Waals surface area (Å²) in [6, 6.07) is 8.28. The molecule has 0 fully saturated rings. The van der Waals surface area contributed by atoms with Crippen LogP contribution in [0.25, 0.3) is 5.57 Å². The molecule has 2 rings (SSSR count). The molecule has 2 aromatic heterocycles. The fourth-order valence-electron chi connectivity index (χ4n) is 1.07. The maximum atomic E-state index is 5.17. The molecule has 0 spiro atoms. The van der Waals surface area contributed by atoms with Crippen molar-refractivity contribution in [2.24, 2.45) is 0 Å². The monoisotopic (exact) mass is 254 g/mol.